The Morgan fingerprint density at radius 3 is 2.52 bits per heavy atom. The Labute approximate surface area is 181 Å². The highest BCUT2D eigenvalue weighted by atomic mass is 35.5. The Bertz CT molecular complexity index is 814. The lowest BCUT2D eigenvalue weighted by Gasteiger charge is -2.30. The molecule has 0 radical (unpaired) electrons. The molecule has 0 unspecified atom stereocenters. The number of rotatable bonds is 10. The molecule has 0 aliphatic rings. The summed E-state index contributed by atoms with van der Waals surface area (Å²) in [5.74, 6) is 0.728. The zero-order valence-corrected chi connectivity index (χ0v) is 18.6. The average molecular weight is 435 g/mol. The first-order chi connectivity index (χ1) is 14.0. The smallest absolute Gasteiger partial charge is 0.242 e. The van der Waals surface area contributed by atoms with Gasteiger partial charge < -0.3 is 15.0 Å². The molecular weight excluding hydrogens is 408 g/mol. The molecule has 5 nitrogen and oxygen atoms in total. The van der Waals surface area contributed by atoms with Crippen LogP contribution in [0.1, 0.15) is 25.8 Å². The van der Waals surface area contributed by atoms with E-state index in [0.717, 1.165) is 16.2 Å². The Morgan fingerprint density at radius 2 is 1.90 bits per heavy atom. The highest BCUT2D eigenvalue weighted by molar-refractivity contribution is 8.00. The van der Waals surface area contributed by atoms with Gasteiger partial charge in [0, 0.05) is 23.0 Å². The van der Waals surface area contributed by atoms with Gasteiger partial charge in [0.15, 0.2) is 0 Å². The van der Waals surface area contributed by atoms with Crippen molar-refractivity contribution in [1.82, 2.24) is 10.2 Å². The van der Waals surface area contributed by atoms with Crippen molar-refractivity contribution >= 4 is 35.2 Å². The molecule has 0 spiro atoms. The highest BCUT2D eigenvalue weighted by Gasteiger charge is 2.28. The van der Waals surface area contributed by atoms with E-state index in [0.29, 0.717) is 24.5 Å². The Morgan fingerprint density at radius 1 is 1.17 bits per heavy atom. The second-order valence-corrected chi connectivity index (χ2v) is 7.92. The van der Waals surface area contributed by atoms with E-state index in [4.69, 9.17) is 16.3 Å². The van der Waals surface area contributed by atoms with Crippen LogP contribution < -0.4 is 10.1 Å². The summed E-state index contributed by atoms with van der Waals surface area (Å²) in [6.07, 6.45) is 0.535. The summed E-state index contributed by atoms with van der Waals surface area (Å²) in [6.45, 7) is 4.65. The predicted molar refractivity (Wildman–Crippen MR) is 118 cm³/mol. The lowest BCUT2D eigenvalue weighted by atomic mass is 10.1. The van der Waals surface area contributed by atoms with E-state index in [-0.39, 0.29) is 17.6 Å². The number of benzene rings is 2. The number of amides is 2. The third kappa shape index (κ3) is 6.98. The molecule has 0 aliphatic heterocycles. The van der Waals surface area contributed by atoms with Crippen LogP contribution >= 0.6 is 23.4 Å². The minimum atomic E-state index is -0.528. The van der Waals surface area contributed by atoms with Gasteiger partial charge in [-0.15, -0.1) is 11.8 Å². The monoisotopic (exact) mass is 434 g/mol. The maximum absolute atomic E-state index is 13.1. The Balaban J connectivity index is 2.20. The molecule has 2 rings (SSSR count). The number of halogens is 1. The number of carbonyl (C=O) groups is 2. The number of thioether (sulfide) groups is 1. The van der Waals surface area contributed by atoms with Crippen LogP contribution in [0.4, 0.5) is 0 Å². The molecule has 29 heavy (non-hydrogen) atoms. The summed E-state index contributed by atoms with van der Waals surface area (Å²) in [4.78, 5) is 28.3. The van der Waals surface area contributed by atoms with Crippen molar-refractivity contribution < 1.29 is 14.3 Å². The van der Waals surface area contributed by atoms with E-state index < -0.39 is 6.04 Å². The number of likely N-dealkylation sites (N-methyl/N-ethyl adjacent to an activating group) is 1. The normalized spacial score (nSPS) is 11.6. The van der Waals surface area contributed by atoms with Gasteiger partial charge in [-0.25, -0.2) is 0 Å². The van der Waals surface area contributed by atoms with Crippen LogP contribution in [0.2, 0.25) is 5.02 Å². The summed E-state index contributed by atoms with van der Waals surface area (Å²) in [7, 11) is 1.61. The molecule has 7 heteroatoms. The largest absolute Gasteiger partial charge is 0.497 e. The van der Waals surface area contributed by atoms with Gasteiger partial charge in [0.05, 0.1) is 12.9 Å². The van der Waals surface area contributed by atoms with Gasteiger partial charge in [-0.2, -0.15) is 0 Å². The molecule has 0 aromatic heterocycles. The summed E-state index contributed by atoms with van der Waals surface area (Å²) in [5, 5.41) is 3.50. The lowest BCUT2D eigenvalue weighted by Crippen LogP contribution is -2.49. The summed E-state index contributed by atoms with van der Waals surface area (Å²) in [6, 6.07) is 14.4. The van der Waals surface area contributed by atoms with Gasteiger partial charge in [0.25, 0.3) is 0 Å². The third-order valence-corrected chi connectivity index (χ3v) is 5.65. The quantitative estimate of drug-likeness (QED) is 0.563. The van der Waals surface area contributed by atoms with Crippen molar-refractivity contribution in [2.75, 3.05) is 19.4 Å². The van der Waals surface area contributed by atoms with Crippen LogP contribution in [-0.2, 0) is 16.1 Å². The lowest BCUT2D eigenvalue weighted by molar-refractivity contribution is -0.139. The van der Waals surface area contributed by atoms with E-state index in [9.17, 15) is 9.59 Å². The first-order valence-electron chi connectivity index (χ1n) is 9.56. The fraction of sp³-hybridized carbons (Fsp3) is 0.364. The van der Waals surface area contributed by atoms with Crippen molar-refractivity contribution in [1.29, 1.82) is 0 Å². The number of carbonyl (C=O) groups excluding carboxylic acids is 2. The molecule has 0 aliphatic carbocycles. The van der Waals surface area contributed by atoms with E-state index in [1.54, 1.807) is 24.1 Å². The van der Waals surface area contributed by atoms with Crippen molar-refractivity contribution in [3.8, 4) is 5.75 Å². The van der Waals surface area contributed by atoms with Crippen LogP contribution in [0, 0.1) is 0 Å². The second kappa shape index (κ2) is 11.7. The number of nitrogens with zero attached hydrogens (tertiary/aromatic N) is 1. The number of nitrogens with one attached hydrogen (secondary N) is 1. The van der Waals surface area contributed by atoms with Gasteiger partial charge in [0.2, 0.25) is 11.8 Å². The van der Waals surface area contributed by atoms with Crippen LogP contribution in [0.3, 0.4) is 0 Å². The zero-order chi connectivity index (χ0) is 21.2. The van der Waals surface area contributed by atoms with Crippen molar-refractivity contribution in [2.24, 2.45) is 0 Å². The van der Waals surface area contributed by atoms with Crippen LogP contribution in [-0.4, -0.2) is 42.2 Å². The molecule has 0 bridgehead atoms. The molecule has 0 saturated heterocycles. The first kappa shape index (κ1) is 23.1. The molecule has 1 atom stereocenters. The Hall–Kier alpha value is -2.18. The zero-order valence-electron chi connectivity index (χ0n) is 17.0. The van der Waals surface area contributed by atoms with Gasteiger partial charge in [-0.05, 0) is 55.3 Å². The molecule has 156 valence electrons. The minimum Gasteiger partial charge on any atom is -0.497 e. The maximum atomic E-state index is 13.1. The molecular formula is C22H27ClN2O3S. The molecule has 2 amide bonds. The van der Waals surface area contributed by atoms with E-state index in [1.165, 1.54) is 11.8 Å². The van der Waals surface area contributed by atoms with E-state index in [2.05, 4.69) is 5.32 Å². The molecule has 0 saturated carbocycles. The summed E-state index contributed by atoms with van der Waals surface area (Å²) < 4.78 is 5.29. The van der Waals surface area contributed by atoms with Crippen molar-refractivity contribution in [2.45, 2.75) is 37.8 Å². The number of methoxy groups -OCH3 is 1. The fourth-order valence-electron chi connectivity index (χ4n) is 2.94. The van der Waals surface area contributed by atoms with Crippen LogP contribution in [0.15, 0.2) is 53.4 Å². The van der Waals surface area contributed by atoms with E-state index >= 15 is 0 Å². The maximum Gasteiger partial charge on any atom is 0.242 e. The summed E-state index contributed by atoms with van der Waals surface area (Å²) >= 11 is 7.36. The molecule has 0 heterocycles. The third-order valence-electron chi connectivity index (χ3n) is 4.40. The predicted octanol–water partition coefficient (Wildman–Crippen LogP) is 4.38. The minimum absolute atomic E-state index is 0.0918. The van der Waals surface area contributed by atoms with Crippen LogP contribution in [0.25, 0.3) is 0 Å². The molecule has 0 fully saturated rings. The first-order valence-corrected chi connectivity index (χ1v) is 10.9. The number of hydrogen-bond acceptors (Lipinski definition) is 4. The average Bonchev–Trinajstić information content (AvgIpc) is 2.73. The summed E-state index contributed by atoms with van der Waals surface area (Å²) in [5.41, 5.74) is 0.914. The molecule has 1 N–H and O–H groups in total. The van der Waals surface area contributed by atoms with Gasteiger partial charge in [-0.1, -0.05) is 30.7 Å². The highest BCUT2D eigenvalue weighted by Crippen LogP contribution is 2.23. The number of ether oxygens (including phenoxy) is 1. The van der Waals surface area contributed by atoms with Gasteiger partial charge in [-0.3, -0.25) is 9.59 Å². The number of hydrogen-bond donors (Lipinski definition) is 1. The fourth-order valence-corrected chi connectivity index (χ4v) is 3.85. The second-order valence-electron chi connectivity index (χ2n) is 6.43. The van der Waals surface area contributed by atoms with Gasteiger partial charge in [0.1, 0.15) is 11.8 Å². The standard InChI is InChI=1S/C22H27ClN2O3S/c1-4-20(22(27)24-5-2)25(14-16-7-6-8-18(13-16)28-3)21(26)15-29-19-11-9-17(23)10-12-19/h6-13,20H,4-5,14-15H2,1-3H3,(H,24,27)/t20-/m0/s1. The molecule has 2 aromatic carbocycles. The Kier molecular flexibility index (Phi) is 9.35. The van der Waals surface area contributed by atoms with Crippen molar-refractivity contribution in [3.63, 3.8) is 0 Å². The van der Waals surface area contributed by atoms with Crippen molar-refractivity contribution in [3.05, 3.63) is 59.1 Å². The molecule has 2 aromatic rings. The van der Waals surface area contributed by atoms with E-state index in [1.807, 2.05) is 50.2 Å². The topological polar surface area (TPSA) is 58.6 Å². The SMILES string of the molecule is CCNC(=O)[C@H](CC)N(Cc1cccc(OC)c1)C(=O)CSc1ccc(Cl)cc1. The van der Waals surface area contributed by atoms with Crippen LogP contribution in [0.5, 0.6) is 5.75 Å². The van der Waals surface area contributed by atoms with Gasteiger partial charge >= 0.3 is 0 Å².